The predicted octanol–water partition coefficient (Wildman–Crippen LogP) is 2.54. The van der Waals surface area contributed by atoms with Crippen LogP contribution in [-0.2, 0) is 22.7 Å². The van der Waals surface area contributed by atoms with Crippen molar-refractivity contribution in [1.29, 1.82) is 0 Å². The Morgan fingerprint density at radius 2 is 2.35 bits per heavy atom. The number of carbonyl (C=O) groups excluding carboxylic acids is 1. The lowest BCUT2D eigenvalue weighted by molar-refractivity contribution is -0.118. The fraction of sp³-hybridized carbons (Fsp3) is 0.733. The van der Waals surface area contributed by atoms with Crippen molar-refractivity contribution in [3.05, 3.63) is 17.5 Å². The normalized spacial score (nSPS) is 20.8. The molecule has 1 saturated heterocycles. The third-order valence-electron chi connectivity index (χ3n) is 3.78. The number of aromatic nitrogens is 1. The average Bonchev–Trinajstić information content (AvgIpc) is 2.72. The summed E-state index contributed by atoms with van der Waals surface area (Å²) < 4.78 is 10.3. The van der Waals surface area contributed by atoms with Gasteiger partial charge in [-0.25, -0.2) is 0 Å². The van der Waals surface area contributed by atoms with Crippen LogP contribution in [0.15, 0.2) is 10.6 Å². The minimum absolute atomic E-state index is 0.266. The number of likely N-dealkylation sites (tertiary alicyclic amines) is 1. The number of Topliss-reactive ketones (excluding diaryl/α,β-unsaturated/α-hetero) is 1. The van der Waals surface area contributed by atoms with Gasteiger partial charge < -0.3 is 9.26 Å². The summed E-state index contributed by atoms with van der Waals surface area (Å²) in [6, 6.07) is 2.29. The molecule has 0 radical (unpaired) electrons. The van der Waals surface area contributed by atoms with E-state index in [-0.39, 0.29) is 5.78 Å². The van der Waals surface area contributed by atoms with Crippen LogP contribution in [0, 0.1) is 0 Å². The highest BCUT2D eigenvalue weighted by Gasteiger charge is 2.23. The third kappa shape index (κ3) is 4.42. The first-order chi connectivity index (χ1) is 9.69. The Morgan fingerprint density at radius 3 is 3.10 bits per heavy atom. The molecule has 0 bridgehead atoms. The van der Waals surface area contributed by atoms with Gasteiger partial charge in [0.1, 0.15) is 12.4 Å². The minimum Gasteiger partial charge on any atom is -0.377 e. The summed E-state index contributed by atoms with van der Waals surface area (Å²) in [5.74, 6) is 1.02. The molecule has 0 aromatic carbocycles. The molecule has 20 heavy (non-hydrogen) atoms. The van der Waals surface area contributed by atoms with Crippen LogP contribution in [0.3, 0.4) is 0 Å². The van der Waals surface area contributed by atoms with E-state index in [2.05, 4.69) is 10.1 Å². The first-order valence-electron chi connectivity index (χ1n) is 7.36. The van der Waals surface area contributed by atoms with Crippen LogP contribution in [0.5, 0.6) is 0 Å². The lowest BCUT2D eigenvalue weighted by Crippen LogP contribution is -2.35. The van der Waals surface area contributed by atoms with Crippen molar-refractivity contribution in [3.8, 4) is 0 Å². The van der Waals surface area contributed by atoms with Crippen LogP contribution in [0.4, 0.5) is 0 Å². The summed E-state index contributed by atoms with van der Waals surface area (Å²) in [6.07, 6.45) is 5.39. The number of rotatable bonds is 6. The zero-order chi connectivity index (χ0) is 14.4. The molecule has 1 fully saturated rings. The van der Waals surface area contributed by atoms with Gasteiger partial charge in [-0.2, -0.15) is 0 Å². The Balaban J connectivity index is 2.00. The first kappa shape index (κ1) is 15.2. The summed E-state index contributed by atoms with van der Waals surface area (Å²) >= 11 is 0. The van der Waals surface area contributed by atoms with Crippen molar-refractivity contribution in [3.63, 3.8) is 0 Å². The van der Waals surface area contributed by atoms with E-state index in [1.807, 2.05) is 6.07 Å². The van der Waals surface area contributed by atoms with E-state index in [4.69, 9.17) is 9.26 Å². The molecule has 5 heteroatoms. The fourth-order valence-electron chi connectivity index (χ4n) is 2.86. The molecule has 1 aliphatic rings. The molecule has 0 aliphatic carbocycles. The van der Waals surface area contributed by atoms with Crippen LogP contribution < -0.4 is 0 Å². The highest BCUT2D eigenvalue weighted by molar-refractivity contribution is 5.76. The van der Waals surface area contributed by atoms with E-state index in [0.29, 0.717) is 19.1 Å². The monoisotopic (exact) mass is 280 g/mol. The third-order valence-corrected chi connectivity index (χ3v) is 3.78. The van der Waals surface area contributed by atoms with Crippen LogP contribution in [-0.4, -0.2) is 35.5 Å². The van der Waals surface area contributed by atoms with Crippen molar-refractivity contribution in [2.24, 2.45) is 0 Å². The van der Waals surface area contributed by atoms with Crippen molar-refractivity contribution < 1.29 is 14.1 Å². The Bertz CT molecular complexity index is 431. The SMILES string of the molecule is COCc1cc(CN2CCCCCC2CC(C)=O)no1. The largest absolute Gasteiger partial charge is 0.377 e. The molecule has 0 N–H and O–H groups in total. The number of ketones is 1. The molecule has 1 aromatic heterocycles. The highest BCUT2D eigenvalue weighted by atomic mass is 16.5. The maximum Gasteiger partial charge on any atom is 0.162 e. The van der Waals surface area contributed by atoms with Gasteiger partial charge >= 0.3 is 0 Å². The lowest BCUT2D eigenvalue weighted by atomic mass is 10.0. The van der Waals surface area contributed by atoms with Gasteiger partial charge in [0.25, 0.3) is 0 Å². The molecule has 1 aromatic rings. The maximum absolute atomic E-state index is 11.4. The summed E-state index contributed by atoms with van der Waals surface area (Å²) in [7, 11) is 1.64. The van der Waals surface area contributed by atoms with Crippen molar-refractivity contribution in [1.82, 2.24) is 10.1 Å². The second kappa shape index (κ2) is 7.55. The Morgan fingerprint density at radius 1 is 1.50 bits per heavy atom. The summed E-state index contributed by atoms with van der Waals surface area (Å²) in [4.78, 5) is 13.8. The maximum atomic E-state index is 11.4. The Labute approximate surface area is 120 Å². The van der Waals surface area contributed by atoms with E-state index < -0.39 is 0 Å². The number of hydrogen-bond acceptors (Lipinski definition) is 5. The molecular weight excluding hydrogens is 256 g/mol. The fourth-order valence-corrected chi connectivity index (χ4v) is 2.86. The van der Waals surface area contributed by atoms with Gasteiger partial charge in [-0.3, -0.25) is 9.69 Å². The smallest absolute Gasteiger partial charge is 0.162 e. The van der Waals surface area contributed by atoms with Gasteiger partial charge in [0.2, 0.25) is 0 Å². The highest BCUT2D eigenvalue weighted by Crippen LogP contribution is 2.21. The summed E-state index contributed by atoms with van der Waals surface area (Å²) in [5, 5.41) is 4.09. The first-order valence-corrected chi connectivity index (χ1v) is 7.36. The van der Waals surface area contributed by atoms with Gasteiger partial charge in [-0.1, -0.05) is 18.0 Å². The van der Waals surface area contributed by atoms with E-state index in [1.54, 1.807) is 14.0 Å². The lowest BCUT2D eigenvalue weighted by Gasteiger charge is -2.28. The topological polar surface area (TPSA) is 55.6 Å². The predicted molar refractivity (Wildman–Crippen MR) is 75.2 cm³/mol. The van der Waals surface area contributed by atoms with Gasteiger partial charge in [0, 0.05) is 32.2 Å². The van der Waals surface area contributed by atoms with E-state index in [9.17, 15) is 4.79 Å². The number of methoxy groups -OCH3 is 1. The Hall–Kier alpha value is -1.20. The number of ether oxygens (including phenoxy) is 1. The average molecular weight is 280 g/mol. The molecule has 1 unspecified atom stereocenters. The second-order valence-corrected chi connectivity index (χ2v) is 5.60. The van der Waals surface area contributed by atoms with Crippen molar-refractivity contribution in [2.75, 3.05) is 13.7 Å². The molecule has 0 amide bonds. The molecule has 2 heterocycles. The van der Waals surface area contributed by atoms with Crippen LogP contribution in [0.25, 0.3) is 0 Å². The molecule has 1 aliphatic heterocycles. The van der Waals surface area contributed by atoms with E-state index >= 15 is 0 Å². The van der Waals surface area contributed by atoms with Crippen LogP contribution in [0.2, 0.25) is 0 Å². The summed E-state index contributed by atoms with van der Waals surface area (Å²) in [6.45, 7) is 3.91. The number of hydrogen-bond donors (Lipinski definition) is 0. The molecule has 1 atom stereocenters. The second-order valence-electron chi connectivity index (χ2n) is 5.60. The van der Waals surface area contributed by atoms with Crippen LogP contribution in [0.1, 0.15) is 50.5 Å². The molecule has 112 valence electrons. The zero-order valence-corrected chi connectivity index (χ0v) is 12.4. The molecule has 2 rings (SSSR count). The summed E-state index contributed by atoms with van der Waals surface area (Å²) in [5.41, 5.74) is 0.924. The van der Waals surface area contributed by atoms with Gasteiger partial charge in [-0.05, 0) is 26.3 Å². The van der Waals surface area contributed by atoms with Crippen LogP contribution >= 0.6 is 0 Å². The van der Waals surface area contributed by atoms with E-state index in [1.165, 1.54) is 19.3 Å². The van der Waals surface area contributed by atoms with Crippen molar-refractivity contribution >= 4 is 5.78 Å². The molecular formula is C15H24N2O3. The molecule has 0 spiro atoms. The van der Waals surface area contributed by atoms with Crippen molar-refractivity contribution in [2.45, 2.75) is 58.2 Å². The van der Waals surface area contributed by atoms with Gasteiger partial charge in [0.15, 0.2) is 5.76 Å². The zero-order valence-electron chi connectivity index (χ0n) is 12.4. The quantitative estimate of drug-likeness (QED) is 0.801. The van der Waals surface area contributed by atoms with Gasteiger partial charge in [0.05, 0.1) is 5.69 Å². The number of nitrogens with zero attached hydrogens (tertiary/aromatic N) is 2. The Kier molecular flexibility index (Phi) is 5.73. The van der Waals surface area contributed by atoms with Gasteiger partial charge in [-0.15, -0.1) is 0 Å². The molecule has 5 nitrogen and oxygen atoms in total. The molecule has 0 saturated carbocycles. The standard InChI is InChI=1S/C15H24N2O3/c1-12(18)8-14-6-4-3-5-7-17(14)10-13-9-15(11-19-2)20-16-13/h9,14H,3-8,10-11H2,1-2H3. The minimum atomic E-state index is 0.266. The number of carbonyl (C=O) groups is 1. The van der Waals surface area contributed by atoms with E-state index in [0.717, 1.165) is 31.0 Å².